The van der Waals surface area contributed by atoms with E-state index in [2.05, 4.69) is 31.1 Å². The van der Waals surface area contributed by atoms with Gasteiger partial charge in [0.15, 0.2) is 0 Å². The number of pyridine rings is 1. The molecule has 1 N–H and O–H groups in total. The topological polar surface area (TPSA) is 72.0 Å². The summed E-state index contributed by atoms with van der Waals surface area (Å²) in [6, 6.07) is 1.87. The summed E-state index contributed by atoms with van der Waals surface area (Å²) in [5.74, 6) is 1.04. The van der Waals surface area contributed by atoms with E-state index in [4.69, 9.17) is 9.63 Å². The Balaban J connectivity index is 2.12. The molecule has 0 spiro atoms. The predicted octanol–water partition coefficient (Wildman–Crippen LogP) is 2.21. The van der Waals surface area contributed by atoms with Gasteiger partial charge in [0.1, 0.15) is 0 Å². The van der Waals surface area contributed by atoms with Crippen molar-refractivity contribution in [2.24, 2.45) is 0 Å². The Morgan fingerprint density at radius 1 is 1.47 bits per heavy atom. The van der Waals surface area contributed by atoms with Crippen LogP contribution in [0.1, 0.15) is 19.2 Å². The highest BCUT2D eigenvalue weighted by Crippen LogP contribution is 2.19. The molecule has 1 atom stereocenters. The largest absolute Gasteiger partial charge is 0.393 e. The molecule has 0 radical (unpaired) electrons. The van der Waals surface area contributed by atoms with Crippen molar-refractivity contribution >= 4 is 15.9 Å². The third kappa shape index (κ3) is 3.34. The molecule has 2 rings (SSSR count). The average Bonchev–Trinajstić information content (AvgIpc) is 2.75. The standard InChI is InChI=1S/C11H12BrN3O2/c1-7(16)2-3-10-14-11(15-17-10)8-4-9(12)6-13-5-8/h4-7,16H,2-3H2,1H3. The number of hydrogen-bond donors (Lipinski definition) is 1. The highest BCUT2D eigenvalue weighted by molar-refractivity contribution is 9.10. The predicted molar refractivity (Wildman–Crippen MR) is 65.2 cm³/mol. The van der Waals surface area contributed by atoms with Gasteiger partial charge in [0, 0.05) is 28.9 Å². The van der Waals surface area contributed by atoms with Gasteiger partial charge in [-0.05, 0) is 35.3 Å². The Labute approximate surface area is 107 Å². The van der Waals surface area contributed by atoms with E-state index in [1.165, 1.54) is 0 Å². The molecule has 0 bridgehead atoms. The first-order valence-corrected chi connectivity index (χ1v) is 6.06. The van der Waals surface area contributed by atoms with Crippen molar-refractivity contribution in [1.82, 2.24) is 15.1 Å². The first-order valence-electron chi connectivity index (χ1n) is 5.26. The normalized spacial score (nSPS) is 12.6. The molecule has 5 nitrogen and oxygen atoms in total. The van der Waals surface area contributed by atoms with Gasteiger partial charge in [0.25, 0.3) is 0 Å². The second-order valence-electron chi connectivity index (χ2n) is 3.79. The van der Waals surface area contributed by atoms with Crippen molar-refractivity contribution in [2.45, 2.75) is 25.9 Å². The number of hydrogen-bond acceptors (Lipinski definition) is 5. The van der Waals surface area contributed by atoms with Crippen molar-refractivity contribution in [3.8, 4) is 11.4 Å². The molecular weight excluding hydrogens is 286 g/mol. The molecule has 0 amide bonds. The fourth-order valence-electron chi connectivity index (χ4n) is 1.34. The van der Waals surface area contributed by atoms with Crippen LogP contribution in [0.2, 0.25) is 0 Å². The second kappa shape index (κ2) is 5.37. The van der Waals surface area contributed by atoms with Gasteiger partial charge in [-0.3, -0.25) is 4.98 Å². The Kier molecular flexibility index (Phi) is 3.86. The SMILES string of the molecule is CC(O)CCc1nc(-c2cncc(Br)c2)no1. The van der Waals surface area contributed by atoms with Gasteiger partial charge in [-0.1, -0.05) is 5.16 Å². The lowest BCUT2D eigenvalue weighted by Crippen LogP contribution is -2.01. The van der Waals surface area contributed by atoms with Crippen molar-refractivity contribution < 1.29 is 9.63 Å². The summed E-state index contributed by atoms with van der Waals surface area (Å²) in [4.78, 5) is 8.28. The highest BCUT2D eigenvalue weighted by atomic mass is 79.9. The van der Waals surface area contributed by atoms with E-state index in [0.29, 0.717) is 24.6 Å². The smallest absolute Gasteiger partial charge is 0.227 e. The van der Waals surface area contributed by atoms with E-state index in [1.54, 1.807) is 19.3 Å². The van der Waals surface area contributed by atoms with Crippen molar-refractivity contribution in [3.63, 3.8) is 0 Å². The molecule has 2 aromatic rings. The molecule has 0 aliphatic rings. The van der Waals surface area contributed by atoms with Crippen molar-refractivity contribution in [1.29, 1.82) is 0 Å². The van der Waals surface area contributed by atoms with E-state index in [1.807, 2.05) is 6.07 Å². The van der Waals surface area contributed by atoms with E-state index < -0.39 is 0 Å². The molecule has 0 saturated carbocycles. The minimum atomic E-state index is -0.363. The van der Waals surface area contributed by atoms with Gasteiger partial charge in [-0.2, -0.15) is 4.98 Å². The summed E-state index contributed by atoms with van der Waals surface area (Å²) in [5.41, 5.74) is 0.798. The van der Waals surface area contributed by atoms with Crippen molar-refractivity contribution in [2.75, 3.05) is 0 Å². The molecule has 2 heterocycles. The van der Waals surface area contributed by atoms with Crippen molar-refractivity contribution in [3.05, 3.63) is 28.8 Å². The maximum atomic E-state index is 9.17. The average molecular weight is 298 g/mol. The van der Waals surface area contributed by atoms with E-state index in [-0.39, 0.29) is 6.10 Å². The molecule has 0 aliphatic heterocycles. The van der Waals surface area contributed by atoms with Gasteiger partial charge in [-0.15, -0.1) is 0 Å². The summed E-state index contributed by atoms with van der Waals surface area (Å²) >= 11 is 3.33. The first-order chi connectivity index (χ1) is 8.15. The zero-order chi connectivity index (χ0) is 12.3. The van der Waals surface area contributed by atoms with Gasteiger partial charge in [0.05, 0.1) is 6.10 Å². The monoisotopic (exact) mass is 297 g/mol. The maximum absolute atomic E-state index is 9.17. The summed E-state index contributed by atoms with van der Waals surface area (Å²) in [7, 11) is 0. The summed E-state index contributed by atoms with van der Waals surface area (Å²) in [6.45, 7) is 1.73. The molecule has 0 aromatic carbocycles. The highest BCUT2D eigenvalue weighted by Gasteiger charge is 2.10. The van der Waals surface area contributed by atoms with Crippen LogP contribution in [0.3, 0.4) is 0 Å². The molecule has 2 aromatic heterocycles. The van der Waals surface area contributed by atoms with E-state index in [0.717, 1.165) is 10.0 Å². The Morgan fingerprint density at radius 2 is 2.29 bits per heavy atom. The molecule has 1 unspecified atom stereocenters. The maximum Gasteiger partial charge on any atom is 0.227 e. The Bertz CT molecular complexity index is 499. The first kappa shape index (κ1) is 12.2. The zero-order valence-electron chi connectivity index (χ0n) is 9.30. The number of nitrogens with zero attached hydrogens (tertiary/aromatic N) is 3. The Hall–Kier alpha value is -1.27. The quantitative estimate of drug-likeness (QED) is 0.937. The zero-order valence-corrected chi connectivity index (χ0v) is 10.9. The van der Waals surface area contributed by atoms with Crippen LogP contribution in [0, 0.1) is 0 Å². The second-order valence-corrected chi connectivity index (χ2v) is 4.71. The number of rotatable bonds is 4. The van der Waals surface area contributed by atoms with Crippen LogP contribution < -0.4 is 0 Å². The van der Waals surface area contributed by atoms with Crippen LogP contribution in [-0.2, 0) is 6.42 Å². The van der Waals surface area contributed by atoms with Gasteiger partial charge in [-0.25, -0.2) is 0 Å². The lowest BCUT2D eigenvalue weighted by molar-refractivity contribution is 0.180. The van der Waals surface area contributed by atoms with Crippen LogP contribution >= 0.6 is 15.9 Å². The van der Waals surface area contributed by atoms with Crippen LogP contribution in [0.4, 0.5) is 0 Å². The molecular formula is C11H12BrN3O2. The van der Waals surface area contributed by atoms with Crippen LogP contribution in [-0.4, -0.2) is 26.3 Å². The van der Waals surface area contributed by atoms with Crippen LogP contribution in [0.15, 0.2) is 27.5 Å². The Morgan fingerprint density at radius 3 is 3.00 bits per heavy atom. The van der Waals surface area contributed by atoms with Crippen LogP contribution in [0.5, 0.6) is 0 Å². The third-order valence-corrected chi connectivity index (χ3v) is 2.64. The minimum Gasteiger partial charge on any atom is -0.393 e. The fraction of sp³-hybridized carbons (Fsp3) is 0.364. The van der Waals surface area contributed by atoms with Gasteiger partial charge < -0.3 is 9.63 Å². The molecule has 0 saturated heterocycles. The van der Waals surface area contributed by atoms with E-state index >= 15 is 0 Å². The van der Waals surface area contributed by atoms with E-state index in [9.17, 15) is 0 Å². The lowest BCUT2D eigenvalue weighted by atomic mass is 10.2. The molecule has 0 aliphatic carbocycles. The molecule has 6 heteroatoms. The van der Waals surface area contributed by atoms with Gasteiger partial charge >= 0.3 is 0 Å². The van der Waals surface area contributed by atoms with Crippen LogP contribution in [0.25, 0.3) is 11.4 Å². The number of aliphatic hydroxyl groups excluding tert-OH is 1. The lowest BCUT2D eigenvalue weighted by Gasteiger charge is -1.98. The van der Waals surface area contributed by atoms with Gasteiger partial charge in [0.2, 0.25) is 11.7 Å². The third-order valence-electron chi connectivity index (χ3n) is 2.21. The number of aryl methyl sites for hydroxylation is 1. The molecule has 90 valence electrons. The molecule has 0 fully saturated rings. The summed E-state index contributed by atoms with van der Waals surface area (Å²) in [6.07, 6.45) is 4.19. The summed E-state index contributed by atoms with van der Waals surface area (Å²) < 4.78 is 5.96. The number of aliphatic hydroxyl groups is 1. The number of aromatic nitrogens is 3. The number of halogens is 1. The summed E-state index contributed by atoms with van der Waals surface area (Å²) in [5, 5.41) is 13.0. The fourth-order valence-corrected chi connectivity index (χ4v) is 1.71. The minimum absolute atomic E-state index is 0.363. The molecule has 17 heavy (non-hydrogen) atoms.